The average molecular weight is 503 g/mol. The zero-order chi connectivity index (χ0) is 25.4. The van der Waals surface area contributed by atoms with Crippen LogP contribution in [0.2, 0.25) is 0 Å². The van der Waals surface area contributed by atoms with Crippen LogP contribution in [0.5, 0.6) is 5.75 Å². The maximum absolute atomic E-state index is 13.5. The molecule has 1 aliphatic heterocycles. The SMILES string of the molecule is CCCOc1cccc(C2C(=C(O)c3ccc(F)cc3)C(=O)C(=O)N2c2nc3ccc(C)cc3s2)c1. The topological polar surface area (TPSA) is 79.7 Å². The number of carbonyl (C=O) groups excluding carboxylic acids is 2. The fourth-order valence-electron chi connectivity index (χ4n) is 4.23. The van der Waals surface area contributed by atoms with E-state index in [0.717, 1.165) is 16.7 Å². The first kappa shape index (κ1) is 23.7. The lowest BCUT2D eigenvalue weighted by atomic mass is 9.95. The van der Waals surface area contributed by atoms with Gasteiger partial charge in [-0.15, -0.1) is 0 Å². The Kier molecular flexibility index (Phi) is 6.28. The first-order valence-corrected chi connectivity index (χ1v) is 12.4. The van der Waals surface area contributed by atoms with Crippen LogP contribution in [-0.2, 0) is 9.59 Å². The molecule has 36 heavy (non-hydrogen) atoms. The minimum absolute atomic E-state index is 0.0883. The highest BCUT2D eigenvalue weighted by Crippen LogP contribution is 2.44. The smallest absolute Gasteiger partial charge is 0.301 e. The lowest BCUT2D eigenvalue weighted by Gasteiger charge is -2.23. The van der Waals surface area contributed by atoms with Crippen molar-refractivity contribution in [2.75, 3.05) is 11.5 Å². The number of anilines is 1. The van der Waals surface area contributed by atoms with Gasteiger partial charge in [-0.1, -0.05) is 36.5 Å². The van der Waals surface area contributed by atoms with Gasteiger partial charge in [0.05, 0.1) is 28.4 Å². The van der Waals surface area contributed by atoms with Gasteiger partial charge in [-0.05, 0) is 73.0 Å². The highest BCUT2D eigenvalue weighted by molar-refractivity contribution is 7.22. The second-order valence-corrected chi connectivity index (χ2v) is 9.57. The molecule has 2 heterocycles. The van der Waals surface area contributed by atoms with E-state index in [0.29, 0.717) is 28.6 Å². The summed E-state index contributed by atoms with van der Waals surface area (Å²) in [5, 5.41) is 11.5. The molecule has 1 amide bonds. The van der Waals surface area contributed by atoms with Crippen molar-refractivity contribution >= 4 is 44.1 Å². The molecule has 0 spiro atoms. The Hall–Kier alpha value is -4.04. The Labute approximate surface area is 211 Å². The molecule has 6 nitrogen and oxygen atoms in total. The Balaban J connectivity index is 1.70. The number of aliphatic hydroxyl groups is 1. The number of thiazole rings is 1. The Morgan fingerprint density at radius 2 is 1.89 bits per heavy atom. The van der Waals surface area contributed by atoms with E-state index in [1.54, 1.807) is 24.3 Å². The molecule has 3 aromatic carbocycles. The number of halogens is 1. The van der Waals surface area contributed by atoms with Crippen molar-refractivity contribution in [1.82, 2.24) is 4.98 Å². The van der Waals surface area contributed by atoms with E-state index >= 15 is 0 Å². The van der Waals surface area contributed by atoms with Gasteiger partial charge in [-0.2, -0.15) is 0 Å². The molecule has 1 saturated heterocycles. The predicted molar refractivity (Wildman–Crippen MR) is 138 cm³/mol. The van der Waals surface area contributed by atoms with Crippen molar-refractivity contribution in [3.05, 3.63) is 94.8 Å². The number of rotatable bonds is 6. The Morgan fingerprint density at radius 3 is 2.64 bits per heavy atom. The van der Waals surface area contributed by atoms with Crippen LogP contribution < -0.4 is 9.64 Å². The van der Waals surface area contributed by atoms with Crippen LogP contribution in [-0.4, -0.2) is 28.4 Å². The standard InChI is InChI=1S/C28H23FN2O4S/c1-3-13-35-20-6-4-5-18(15-20)24-23(25(32)17-8-10-19(29)11-9-17)26(33)27(34)31(24)28-30-21-12-7-16(2)14-22(21)36-28/h4-12,14-15,24,32H,3,13H2,1-2H3. The molecular weight excluding hydrogens is 479 g/mol. The fraction of sp³-hybridized carbons (Fsp3) is 0.179. The summed E-state index contributed by atoms with van der Waals surface area (Å²) < 4.78 is 20.2. The van der Waals surface area contributed by atoms with Gasteiger partial charge in [-0.25, -0.2) is 9.37 Å². The number of Topliss-reactive ketones (excluding diaryl/α,β-unsaturated/α-hetero) is 1. The number of benzene rings is 3. The number of ketones is 1. The molecule has 1 fully saturated rings. The van der Waals surface area contributed by atoms with Gasteiger partial charge in [0.25, 0.3) is 5.78 Å². The third-order valence-corrected chi connectivity index (χ3v) is 6.96. The summed E-state index contributed by atoms with van der Waals surface area (Å²) in [5.74, 6) is -1.90. The summed E-state index contributed by atoms with van der Waals surface area (Å²) in [4.78, 5) is 32.7. The van der Waals surface area contributed by atoms with Crippen LogP contribution >= 0.6 is 11.3 Å². The maximum Gasteiger partial charge on any atom is 0.301 e. The molecule has 1 atom stereocenters. The van der Waals surface area contributed by atoms with E-state index in [9.17, 15) is 19.1 Å². The molecule has 1 N–H and O–H groups in total. The third kappa shape index (κ3) is 4.24. The van der Waals surface area contributed by atoms with Crippen LogP contribution in [0.25, 0.3) is 16.0 Å². The van der Waals surface area contributed by atoms with Crippen molar-refractivity contribution in [2.24, 2.45) is 0 Å². The van der Waals surface area contributed by atoms with Crippen LogP contribution in [0.3, 0.4) is 0 Å². The monoisotopic (exact) mass is 502 g/mol. The zero-order valence-corrected chi connectivity index (χ0v) is 20.5. The van der Waals surface area contributed by atoms with Crippen LogP contribution in [0.15, 0.2) is 72.3 Å². The number of hydrogen-bond donors (Lipinski definition) is 1. The van der Waals surface area contributed by atoms with Gasteiger partial charge in [0.2, 0.25) is 0 Å². The van der Waals surface area contributed by atoms with E-state index in [-0.39, 0.29) is 16.9 Å². The maximum atomic E-state index is 13.5. The molecule has 1 aromatic heterocycles. The summed E-state index contributed by atoms with van der Waals surface area (Å²) in [7, 11) is 0. The fourth-order valence-corrected chi connectivity index (χ4v) is 5.32. The van der Waals surface area contributed by atoms with E-state index in [1.807, 2.05) is 32.0 Å². The molecule has 1 aliphatic rings. The molecule has 4 aromatic rings. The van der Waals surface area contributed by atoms with Crippen molar-refractivity contribution in [3.8, 4) is 5.75 Å². The van der Waals surface area contributed by atoms with Gasteiger partial charge >= 0.3 is 5.91 Å². The second-order valence-electron chi connectivity index (χ2n) is 8.56. The van der Waals surface area contributed by atoms with Gasteiger partial charge in [0.1, 0.15) is 17.3 Å². The molecule has 8 heteroatoms. The van der Waals surface area contributed by atoms with Crippen LogP contribution in [0, 0.1) is 12.7 Å². The minimum atomic E-state index is -0.943. The molecular formula is C28H23FN2O4S. The normalized spacial score (nSPS) is 17.2. The second kappa shape index (κ2) is 9.54. The highest BCUT2D eigenvalue weighted by Gasteiger charge is 2.48. The van der Waals surface area contributed by atoms with Crippen LogP contribution in [0.4, 0.5) is 9.52 Å². The number of aliphatic hydroxyl groups excluding tert-OH is 1. The largest absolute Gasteiger partial charge is 0.507 e. The molecule has 5 rings (SSSR count). The summed E-state index contributed by atoms with van der Waals surface area (Å²) in [6, 6.07) is 17.1. The van der Waals surface area contributed by atoms with E-state index in [1.165, 1.54) is 40.5 Å². The number of hydrogen-bond acceptors (Lipinski definition) is 6. The summed E-state index contributed by atoms with van der Waals surface area (Å²) in [6.07, 6.45) is 0.818. The highest BCUT2D eigenvalue weighted by atomic mass is 32.1. The van der Waals surface area contributed by atoms with Crippen molar-refractivity contribution in [3.63, 3.8) is 0 Å². The molecule has 0 saturated carbocycles. The number of carbonyl (C=O) groups is 2. The average Bonchev–Trinajstić information content (AvgIpc) is 3.40. The lowest BCUT2D eigenvalue weighted by molar-refractivity contribution is -0.132. The van der Waals surface area contributed by atoms with Crippen molar-refractivity contribution in [1.29, 1.82) is 0 Å². The van der Waals surface area contributed by atoms with E-state index < -0.39 is 23.5 Å². The Bertz CT molecular complexity index is 1510. The first-order chi connectivity index (χ1) is 17.4. The molecule has 0 radical (unpaired) electrons. The lowest BCUT2D eigenvalue weighted by Crippen LogP contribution is -2.29. The number of fused-ring (bicyclic) bond motifs is 1. The van der Waals surface area contributed by atoms with E-state index in [4.69, 9.17) is 4.74 Å². The predicted octanol–water partition coefficient (Wildman–Crippen LogP) is 6.16. The Morgan fingerprint density at radius 1 is 1.11 bits per heavy atom. The molecule has 182 valence electrons. The van der Waals surface area contributed by atoms with Gasteiger partial charge in [-0.3, -0.25) is 14.5 Å². The summed E-state index contributed by atoms with van der Waals surface area (Å²) in [6.45, 7) is 4.47. The molecule has 0 bridgehead atoms. The number of aromatic nitrogens is 1. The zero-order valence-electron chi connectivity index (χ0n) is 19.7. The third-order valence-electron chi connectivity index (χ3n) is 5.95. The number of ether oxygens (including phenoxy) is 1. The number of amides is 1. The van der Waals surface area contributed by atoms with Gasteiger partial charge in [0, 0.05) is 5.56 Å². The molecule has 0 aliphatic carbocycles. The summed E-state index contributed by atoms with van der Waals surface area (Å²) in [5.41, 5.74) is 2.49. The van der Waals surface area contributed by atoms with E-state index in [2.05, 4.69) is 4.98 Å². The summed E-state index contributed by atoms with van der Waals surface area (Å²) >= 11 is 1.30. The number of aryl methyl sites for hydroxylation is 1. The van der Waals surface area contributed by atoms with Crippen molar-refractivity contribution < 1.29 is 23.8 Å². The molecule has 1 unspecified atom stereocenters. The van der Waals surface area contributed by atoms with Crippen LogP contribution in [0.1, 0.15) is 36.1 Å². The first-order valence-electron chi connectivity index (χ1n) is 11.5. The van der Waals surface area contributed by atoms with Crippen molar-refractivity contribution in [2.45, 2.75) is 26.3 Å². The number of nitrogens with zero attached hydrogens (tertiary/aromatic N) is 2. The minimum Gasteiger partial charge on any atom is -0.507 e. The van der Waals surface area contributed by atoms with Gasteiger partial charge < -0.3 is 9.84 Å². The quantitative estimate of drug-likeness (QED) is 0.194. The van der Waals surface area contributed by atoms with Gasteiger partial charge in [0.15, 0.2) is 5.13 Å².